The minimum atomic E-state index is -0.181. The molecule has 0 aliphatic carbocycles. The Morgan fingerprint density at radius 3 is 2.62 bits per heavy atom. The maximum atomic E-state index is 13.0. The molecule has 1 N–H and O–H groups in total. The van der Waals surface area contributed by atoms with Crippen LogP contribution in [0.3, 0.4) is 0 Å². The van der Waals surface area contributed by atoms with Crippen LogP contribution < -0.4 is 10.9 Å². The highest BCUT2D eigenvalue weighted by Gasteiger charge is 2.11. The number of halogens is 1. The van der Waals surface area contributed by atoms with Crippen molar-refractivity contribution in [2.24, 2.45) is 0 Å². The molecule has 0 bridgehead atoms. The molecule has 6 heteroatoms. The van der Waals surface area contributed by atoms with Crippen molar-refractivity contribution in [3.8, 4) is 5.69 Å². The van der Waals surface area contributed by atoms with Crippen molar-refractivity contribution in [3.63, 3.8) is 0 Å². The molecule has 5 nitrogen and oxygen atoms in total. The number of carbonyl (C=O) groups is 1. The zero-order valence-corrected chi connectivity index (χ0v) is 15.5. The highest BCUT2D eigenvalue weighted by atomic mass is 35.5. The molecule has 1 amide bonds. The average Bonchev–Trinajstić information content (AvgIpc) is 2.62. The van der Waals surface area contributed by atoms with Gasteiger partial charge in [-0.05, 0) is 55.8 Å². The molecule has 0 aliphatic rings. The SMILES string of the molecule is CCCCC(=O)Nc1ccc2nc(C)n(-c3ccc(Cl)cc3)c(=O)c2c1. The van der Waals surface area contributed by atoms with Gasteiger partial charge in [0.05, 0.1) is 16.6 Å². The number of rotatable bonds is 5. The van der Waals surface area contributed by atoms with Crippen LogP contribution in [0, 0.1) is 6.92 Å². The standard InChI is InChI=1S/C20H20ClN3O2/c1-3-4-5-19(25)23-15-8-11-18-17(12-15)20(26)24(13(2)22-18)16-9-6-14(21)7-10-16/h6-12H,3-5H2,1-2H3,(H,23,25). The Kier molecular flexibility index (Phi) is 5.38. The van der Waals surface area contributed by atoms with E-state index in [0.717, 1.165) is 12.8 Å². The molecule has 2 aromatic carbocycles. The maximum Gasteiger partial charge on any atom is 0.266 e. The summed E-state index contributed by atoms with van der Waals surface area (Å²) in [5, 5.41) is 3.90. The summed E-state index contributed by atoms with van der Waals surface area (Å²) in [4.78, 5) is 29.5. The quantitative estimate of drug-likeness (QED) is 0.721. The van der Waals surface area contributed by atoms with Gasteiger partial charge in [0.2, 0.25) is 5.91 Å². The Bertz CT molecular complexity index is 1010. The maximum absolute atomic E-state index is 13.0. The van der Waals surface area contributed by atoms with E-state index in [1.54, 1.807) is 54.0 Å². The molecule has 0 saturated heterocycles. The average molecular weight is 370 g/mol. The summed E-state index contributed by atoms with van der Waals surface area (Å²) >= 11 is 5.94. The molecule has 1 aromatic heterocycles. The van der Waals surface area contributed by atoms with Crippen molar-refractivity contribution >= 4 is 34.1 Å². The van der Waals surface area contributed by atoms with Gasteiger partial charge >= 0.3 is 0 Å². The predicted molar refractivity (Wildman–Crippen MR) is 105 cm³/mol. The Morgan fingerprint density at radius 1 is 1.19 bits per heavy atom. The zero-order valence-electron chi connectivity index (χ0n) is 14.8. The van der Waals surface area contributed by atoms with E-state index in [2.05, 4.69) is 10.3 Å². The largest absolute Gasteiger partial charge is 0.326 e. The summed E-state index contributed by atoms with van der Waals surface area (Å²) in [5.41, 5.74) is 1.72. The van der Waals surface area contributed by atoms with E-state index in [0.29, 0.717) is 39.5 Å². The number of benzene rings is 2. The number of hydrogen-bond acceptors (Lipinski definition) is 3. The molecule has 3 rings (SSSR count). The Hall–Kier alpha value is -2.66. The fourth-order valence-electron chi connectivity index (χ4n) is 2.83. The van der Waals surface area contributed by atoms with Crippen molar-refractivity contribution in [1.82, 2.24) is 9.55 Å². The van der Waals surface area contributed by atoms with Gasteiger partial charge in [0.15, 0.2) is 0 Å². The predicted octanol–water partition coefficient (Wildman–Crippen LogP) is 4.48. The molecule has 0 saturated carbocycles. The van der Waals surface area contributed by atoms with Crippen molar-refractivity contribution in [2.75, 3.05) is 5.32 Å². The zero-order chi connectivity index (χ0) is 18.7. The van der Waals surface area contributed by atoms with Gasteiger partial charge in [0.1, 0.15) is 5.82 Å². The number of nitrogens with zero attached hydrogens (tertiary/aromatic N) is 2. The molecule has 0 radical (unpaired) electrons. The fourth-order valence-corrected chi connectivity index (χ4v) is 2.96. The first kappa shape index (κ1) is 18.1. The number of anilines is 1. The van der Waals surface area contributed by atoms with E-state index in [1.165, 1.54) is 0 Å². The van der Waals surface area contributed by atoms with Crippen LogP contribution in [-0.4, -0.2) is 15.5 Å². The monoisotopic (exact) mass is 369 g/mol. The van der Waals surface area contributed by atoms with E-state index in [9.17, 15) is 9.59 Å². The van der Waals surface area contributed by atoms with E-state index < -0.39 is 0 Å². The summed E-state index contributed by atoms with van der Waals surface area (Å²) in [6, 6.07) is 12.2. The van der Waals surface area contributed by atoms with Crippen molar-refractivity contribution < 1.29 is 4.79 Å². The van der Waals surface area contributed by atoms with Crippen LogP contribution in [0.25, 0.3) is 16.6 Å². The third-order valence-corrected chi connectivity index (χ3v) is 4.41. The second kappa shape index (κ2) is 7.70. The molecule has 0 spiro atoms. The lowest BCUT2D eigenvalue weighted by Crippen LogP contribution is -2.22. The second-order valence-electron chi connectivity index (χ2n) is 6.16. The lowest BCUT2D eigenvalue weighted by Gasteiger charge is -2.12. The van der Waals surface area contributed by atoms with Gasteiger partial charge in [-0.2, -0.15) is 0 Å². The fraction of sp³-hybridized carbons (Fsp3) is 0.250. The Morgan fingerprint density at radius 2 is 1.92 bits per heavy atom. The number of aryl methyl sites for hydroxylation is 1. The van der Waals surface area contributed by atoms with Gasteiger partial charge in [-0.15, -0.1) is 0 Å². The third-order valence-electron chi connectivity index (χ3n) is 4.16. The lowest BCUT2D eigenvalue weighted by molar-refractivity contribution is -0.116. The van der Waals surface area contributed by atoms with Gasteiger partial charge < -0.3 is 5.32 Å². The van der Waals surface area contributed by atoms with Crippen LogP contribution in [0.2, 0.25) is 5.02 Å². The summed E-state index contributed by atoms with van der Waals surface area (Å²) in [6.07, 6.45) is 2.26. The third kappa shape index (κ3) is 3.78. The summed E-state index contributed by atoms with van der Waals surface area (Å²) < 4.78 is 1.54. The van der Waals surface area contributed by atoms with Crippen LogP contribution >= 0.6 is 11.6 Å². The molecule has 3 aromatic rings. The van der Waals surface area contributed by atoms with Crippen molar-refractivity contribution in [2.45, 2.75) is 33.1 Å². The van der Waals surface area contributed by atoms with Crippen LogP contribution in [0.1, 0.15) is 32.0 Å². The first-order valence-corrected chi connectivity index (χ1v) is 8.96. The van der Waals surface area contributed by atoms with E-state index >= 15 is 0 Å². The minimum Gasteiger partial charge on any atom is -0.326 e. The Balaban J connectivity index is 2.04. The van der Waals surface area contributed by atoms with Crippen molar-refractivity contribution in [3.05, 3.63) is 63.7 Å². The molecular formula is C20H20ClN3O2. The number of unbranched alkanes of at least 4 members (excludes halogenated alkanes) is 1. The first-order chi connectivity index (χ1) is 12.5. The van der Waals surface area contributed by atoms with Crippen molar-refractivity contribution in [1.29, 1.82) is 0 Å². The first-order valence-electron chi connectivity index (χ1n) is 8.59. The number of carbonyl (C=O) groups excluding carboxylic acids is 1. The number of fused-ring (bicyclic) bond motifs is 1. The van der Waals surface area contributed by atoms with Gasteiger partial charge in [-0.3, -0.25) is 14.2 Å². The Labute approximate surface area is 156 Å². The molecule has 0 atom stereocenters. The van der Waals surface area contributed by atoms with Gasteiger partial charge in [-0.25, -0.2) is 4.98 Å². The molecule has 1 heterocycles. The number of aromatic nitrogens is 2. The summed E-state index contributed by atoms with van der Waals surface area (Å²) in [7, 11) is 0. The molecule has 0 aliphatic heterocycles. The summed E-state index contributed by atoms with van der Waals surface area (Å²) in [6.45, 7) is 3.83. The molecule has 0 unspecified atom stereocenters. The van der Waals surface area contributed by atoms with E-state index in [4.69, 9.17) is 11.6 Å². The van der Waals surface area contributed by atoms with E-state index in [-0.39, 0.29) is 11.5 Å². The second-order valence-corrected chi connectivity index (χ2v) is 6.60. The van der Waals surface area contributed by atoms with Crippen LogP contribution in [0.15, 0.2) is 47.3 Å². The van der Waals surface area contributed by atoms with Crippen LogP contribution in [0.4, 0.5) is 5.69 Å². The lowest BCUT2D eigenvalue weighted by atomic mass is 10.2. The smallest absolute Gasteiger partial charge is 0.266 e. The number of hydrogen-bond donors (Lipinski definition) is 1. The minimum absolute atomic E-state index is 0.0516. The molecular weight excluding hydrogens is 350 g/mol. The highest BCUT2D eigenvalue weighted by molar-refractivity contribution is 6.30. The van der Waals surface area contributed by atoms with Gasteiger partial charge in [0, 0.05) is 17.1 Å². The number of nitrogens with one attached hydrogen (secondary N) is 1. The topological polar surface area (TPSA) is 64.0 Å². The van der Waals surface area contributed by atoms with E-state index in [1.807, 2.05) is 6.92 Å². The van der Waals surface area contributed by atoms with Gasteiger partial charge in [0.25, 0.3) is 5.56 Å². The molecule has 134 valence electrons. The molecule has 26 heavy (non-hydrogen) atoms. The van der Waals surface area contributed by atoms with Gasteiger partial charge in [-0.1, -0.05) is 24.9 Å². The molecule has 0 fully saturated rings. The van der Waals surface area contributed by atoms with Crippen LogP contribution in [0.5, 0.6) is 0 Å². The summed E-state index contributed by atoms with van der Waals surface area (Å²) in [5.74, 6) is 0.536. The van der Waals surface area contributed by atoms with Crippen LogP contribution in [-0.2, 0) is 4.79 Å². The highest BCUT2D eigenvalue weighted by Crippen LogP contribution is 2.18. The number of amides is 1. The normalized spacial score (nSPS) is 10.9.